The Bertz CT molecular complexity index is 397. The summed E-state index contributed by atoms with van der Waals surface area (Å²) in [7, 11) is 0. The minimum atomic E-state index is 0.299. The molecule has 84 valence electrons. The summed E-state index contributed by atoms with van der Waals surface area (Å²) in [6.45, 7) is 3.05. The minimum Gasteiger partial charge on any atom is -0.472 e. The molecule has 1 N–H and O–H groups in total. The molecule has 0 bridgehead atoms. The highest BCUT2D eigenvalue weighted by molar-refractivity contribution is 5.18. The lowest BCUT2D eigenvalue weighted by molar-refractivity contribution is 0.524. The summed E-state index contributed by atoms with van der Waals surface area (Å²) < 4.78 is 5.12. The molecule has 3 heteroatoms. The van der Waals surface area contributed by atoms with Crippen LogP contribution < -0.4 is 5.32 Å². The zero-order chi connectivity index (χ0) is 11.2. The normalized spacial score (nSPS) is 12.6. The largest absolute Gasteiger partial charge is 0.472 e. The summed E-state index contributed by atoms with van der Waals surface area (Å²) in [5.74, 6) is 0. The van der Waals surface area contributed by atoms with Gasteiger partial charge in [-0.2, -0.15) is 0 Å². The first-order valence-corrected chi connectivity index (χ1v) is 5.54. The molecular formula is C13H16N2O. The van der Waals surface area contributed by atoms with E-state index < -0.39 is 0 Å². The van der Waals surface area contributed by atoms with Crippen molar-refractivity contribution in [2.45, 2.75) is 19.4 Å². The lowest BCUT2D eigenvalue weighted by atomic mass is 10.0. The van der Waals surface area contributed by atoms with Crippen LogP contribution in [0.15, 0.2) is 47.5 Å². The van der Waals surface area contributed by atoms with Crippen molar-refractivity contribution in [1.29, 1.82) is 0 Å². The maximum absolute atomic E-state index is 5.12. The Kier molecular flexibility index (Phi) is 3.72. The molecule has 16 heavy (non-hydrogen) atoms. The average molecular weight is 216 g/mol. The summed E-state index contributed by atoms with van der Waals surface area (Å²) >= 11 is 0. The van der Waals surface area contributed by atoms with Gasteiger partial charge in [0.05, 0.1) is 12.5 Å². The molecule has 0 saturated carbocycles. The van der Waals surface area contributed by atoms with Crippen molar-refractivity contribution in [3.63, 3.8) is 0 Å². The minimum absolute atomic E-state index is 0.299. The van der Waals surface area contributed by atoms with Crippen LogP contribution in [0, 0.1) is 0 Å². The van der Waals surface area contributed by atoms with Crippen LogP contribution in [0.4, 0.5) is 0 Å². The Morgan fingerprint density at radius 3 is 3.00 bits per heavy atom. The van der Waals surface area contributed by atoms with Gasteiger partial charge in [0.15, 0.2) is 0 Å². The lowest BCUT2D eigenvalue weighted by Gasteiger charge is -2.15. The van der Waals surface area contributed by atoms with Crippen LogP contribution in [-0.2, 0) is 6.42 Å². The summed E-state index contributed by atoms with van der Waals surface area (Å²) in [6, 6.07) is 6.36. The third-order valence-electron chi connectivity index (χ3n) is 2.56. The highest BCUT2D eigenvalue weighted by Gasteiger charge is 2.11. The Hall–Kier alpha value is -1.61. The first kappa shape index (κ1) is 10.9. The van der Waals surface area contributed by atoms with Crippen LogP contribution in [-0.4, -0.2) is 11.5 Å². The van der Waals surface area contributed by atoms with Crippen LogP contribution in [0.3, 0.4) is 0 Å². The second kappa shape index (κ2) is 5.47. The molecule has 0 fully saturated rings. The number of aromatic nitrogens is 1. The van der Waals surface area contributed by atoms with E-state index in [1.807, 2.05) is 18.3 Å². The second-order valence-electron chi connectivity index (χ2n) is 3.73. The van der Waals surface area contributed by atoms with Crippen molar-refractivity contribution in [2.75, 3.05) is 6.54 Å². The summed E-state index contributed by atoms with van der Waals surface area (Å²) in [5.41, 5.74) is 2.42. The molecule has 0 saturated heterocycles. The van der Waals surface area contributed by atoms with E-state index in [0.29, 0.717) is 6.04 Å². The molecular weight excluding hydrogens is 200 g/mol. The molecule has 0 aliphatic carbocycles. The molecule has 0 radical (unpaired) electrons. The monoisotopic (exact) mass is 216 g/mol. The topological polar surface area (TPSA) is 38.1 Å². The van der Waals surface area contributed by atoms with Crippen LogP contribution in [0.5, 0.6) is 0 Å². The van der Waals surface area contributed by atoms with E-state index in [4.69, 9.17) is 4.42 Å². The summed E-state index contributed by atoms with van der Waals surface area (Å²) in [4.78, 5) is 4.13. The van der Waals surface area contributed by atoms with Gasteiger partial charge in [0.25, 0.3) is 0 Å². The number of rotatable bonds is 5. The zero-order valence-corrected chi connectivity index (χ0v) is 9.39. The SMILES string of the molecule is CCNC(Cc1cccnc1)c1ccoc1. The lowest BCUT2D eigenvalue weighted by Crippen LogP contribution is -2.22. The average Bonchev–Trinajstić information content (AvgIpc) is 2.83. The molecule has 0 spiro atoms. The van der Waals surface area contributed by atoms with E-state index in [1.54, 1.807) is 18.7 Å². The van der Waals surface area contributed by atoms with Gasteiger partial charge in [-0.3, -0.25) is 4.98 Å². The van der Waals surface area contributed by atoms with Gasteiger partial charge in [-0.05, 0) is 30.7 Å². The molecule has 2 heterocycles. The van der Waals surface area contributed by atoms with Crippen molar-refractivity contribution in [2.24, 2.45) is 0 Å². The van der Waals surface area contributed by atoms with E-state index >= 15 is 0 Å². The van der Waals surface area contributed by atoms with E-state index in [0.717, 1.165) is 13.0 Å². The number of likely N-dealkylation sites (N-methyl/N-ethyl adjacent to an activating group) is 1. The molecule has 1 atom stereocenters. The third-order valence-corrected chi connectivity index (χ3v) is 2.56. The van der Waals surface area contributed by atoms with Gasteiger partial charge >= 0.3 is 0 Å². The molecule has 0 aliphatic heterocycles. The van der Waals surface area contributed by atoms with Crippen LogP contribution in [0.1, 0.15) is 24.1 Å². The van der Waals surface area contributed by atoms with Gasteiger partial charge in [-0.1, -0.05) is 13.0 Å². The quantitative estimate of drug-likeness (QED) is 0.834. The van der Waals surface area contributed by atoms with Gasteiger partial charge in [0.2, 0.25) is 0 Å². The van der Waals surface area contributed by atoms with Gasteiger partial charge in [0.1, 0.15) is 0 Å². The van der Waals surface area contributed by atoms with E-state index in [9.17, 15) is 0 Å². The Labute approximate surface area is 95.5 Å². The fourth-order valence-electron chi connectivity index (χ4n) is 1.78. The van der Waals surface area contributed by atoms with E-state index in [-0.39, 0.29) is 0 Å². The second-order valence-corrected chi connectivity index (χ2v) is 3.73. The van der Waals surface area contributed by atoms with Crippen LogP contribution in [0.25, 0.3) is 0 Å². The number of pyridine rings is 1. The first-order valence-electron chi connectivity index (χ1n) is 5.54. The number of hydrogen-bond donors (Lipinski definition) is 1. The fraction of sp³-hybridized carbons (Fsp3) is 0.308. The molecule has 0 amide bonds. The standard InChI is InChI=1S/C13H16N2O/c1-2-15-13(12-5-7-16-10-12)8-11-4-3-6-14-9-11/h3-7,9-10,13,15H,2,8H2,1H3. The molecule has 2 rings (SSSR count). The molecule has 2 aromatic rings. The molecule has 1 unspecified atom stereocenters. The number of furan rings is 1. The van der Waals surface area contributed by atoms with Gasteiger partial charge < -0.3 is 9.73 Å². The van der Waals surface area contributed by atoms with Gasteiger partial charge in [0, 0.05) is 24.0 Å². The molecule has 3 nitrogen and oxygen atoms in total. The highest BCUT2D eigenvalue weighted by Crippen LogP contribution is 2.18. The highest BCUT2D eigenvalue weighted by atomic mass is 16.3. The van der Waals surface area contributed by atoms with Crippen molar-refractivity contribution in [3.05, 3.63) is 54.2 Å². The number of hydrogen-bond acceptors (Lipinski definition) is 3. The smallest absolute Gasteiger partial charge is 0.0950 e. The predicted molar refractivity (Wildman–Crippen MR) is 63.1 cm³/mol. The molecule has 0 aromatic carbocycles. The Morgan fingerprint density at radius 2 is 2.38 bits per heavy atom. The fourth-order valence-corrected chi connectivity index (χ4v) is 1.78. The Morgan fingerprint density at radius 1 is 1.44 bits per heavy atom. The predicted octanol–water partition coefficient (Wildman–Crippen LogP) is 2.57. The van der Waals surface area contributed by atoms with Crippen molar-refractivity contribution in [3.8, 4) is 0 Å². The van der Waals surface area contributed by atoms with Crippen molar-refractivity contribution >= 4 is 0 Å². The summed E-state index contributed by atoms with van der Waals surface area (Å²) in [6.07, 6.45) is 8.14. The maximum atomic E-state index is 5.12. The van der Waals surface area contributed by atoms with Crippen LogP contribution >= 0.6 is 0 Å². The van der Waals surface area contributed by atoms with E-state index in [2.05, 4.69) is 23.3 Å². The third kappa shape index (κ3) is 2.70. The maximum Gasteiger partial charge on any atom is 0.0950 e. The summed E-state index contributed by atoms with van der Waals surface area (Å²) in [5, 5.41) is 3.45. The molecule has 0 aliphatic rings. The van der Waals surface area contributed by atoms with Gasteiger partial charge in [-0.25, -0.2) is 0 Å². The number of nitrogens with one attached hydrogen (secondary N) is 1. The Balaban J connectivity index is 2.09. The van der Waals surface area contributed by atoms with Crippen molar-refractivity contribution < 1.29 is 4.42 Å². The van der Waals surface area contributed by atoms with Crippen molar-refractivity contribution in [1.82, 2.24) is 10.3 Å². The van der Waals surface area contributed by atoms with Gasteiger partial charge in [-0.15, -0.1) is 0 Å². The first-order chi connectivity index (χ1) is 7.90. The molecule has 2 aromatic heterocycles. The zero-order valence-electron chi connectivity index (χ0n) is 9.39. The van der Waals surface area contributed by atoms with Crippen LogP contribution in [0.2, 0.25) is 0 Å². The van der Waals surface area contributed by atoms with E-state index in [1.165, 1.54) is 11.1 Å². The number of nitrogens with zero attached hydrogens (tertiary/aromatic N) is 1.